The quantitative estimate of drug-likeness (QED) is 0.0918. The molecule has 0 atom stereocenters. The third kappa shape index (κ3) is 29.4. The molecule has 0 fully saturated rings. The minimum atomic E-state index is -0.505. The smallest absolute Gasteiger partial charge is 0.331 e. The fourth-order valence-electron chi connectivity index (χ4n) is 4.65. The molecule has 0 aliphatic carbocycles. The minimum Gasteiger partial charge on any atom is -0.464 e. The molecule has 0 saturated heterocycles. The lowest BCUT2D eigenvalue weighted by molar-refractivity contribution is -0.147. The second-order valence-electron chi connectivity index (χ2n) is 10.2. The number of aliphatic hydroxyl groups is 1. The predicted octanol–water partition coefficient (Wildman–Crippen LogP) is 9.68. The van der Waals surface area contributed by atoms with Crippen LogP contribution in [0.5, 0.6) is 0 Å². The van der Waals surface area contributed by atoms with E-state index in [-0.39, 0.29) is 0 Å². The van der Waals surface area contributed by atoms with Gasteiger partial charge >= 0.3 is 5.97 Å². The molecule has 0 unspecified atom stereocenters. The van der Waals surface area contributed by atoms with Crippen LogP contribution >= 0.6 is 0 Å². The Morgan fingerprint density at radius 3 is 0.939 bits per heavy atom. The molecule has 0 aliphatic rings. The van der Waals surface area contributed by atoms with E-state index in [2.05, 4.69) is 6.92 Å². The summed E-state index contributed by atoms with van der Waals surface area (Å²) < 4.78 is 4.86. The van der Waals surface area contributed by atoms with Crippen molar-refractivity contribution in [2.45, 2.75) is 174 Å². The standard InChI is InChI=1S/C30H60O3/c1-2-3-4-5-6-7-8-9-10-11-12-13-14-15-16-17-18-19-20-21-22-23-24-25-26-27-28-33-30(32)29-31/h31H,2-29H2,1H3. The zero-order valence-corrected chi connectivity index (χ0v) is 22.6. The molecule has 0 spiro atoms. The topological polar surface area (TPSA) is 46.5 Å². The van der Waals surface area contributed by atoms with Crippen LogP contribution < -0.4 is 0 Å². The van der Waals surface area contributed by atoms with E-state index < -0.39 is 12.6 Å². The lowest BCUT2D eigenvalue weighted by Gasteiger charge is -2.05. The zero-order chi connectivity index (χ0) is 24.1. The molecule has 0 rings (SSSR count). The van der Waals surface area contributed by atoms with Crippen molar-refractivity contribution in [3.63, 3.8) is 0 Å². The van der Waals surface area contributed by atoms with Gasteiger partial charge in [0, 0.05) is 0 Å². The number of rotatable bonds is 28. The van der Waals surface area contributed by atoms with E-state index in [1.165, 1.54) is 154 Å². The molecule has 0 radical (unpaired) electrons. The summed E-state index contributed by atoms with van der Waals surface area (Å²) in [4.78, 5) is 10.8. The molecule has 33 heavy (non-hydrogen) atoms. The maximum Gasteiger partial charge on any atom is 0.331 e. The Morgan fingerprint density at radius 2 is 0.697 bits per heavy atom. The SMILES string of the molecule is CCCCCCCCCCCCCCCCCCCCCCCCCCCCOC(=O)CO. The Hall–Kier alpha value is -0.570. The van der Waals surface area contributed by atoms with Crippen molar-refractivity contribution in [1.29, 1.82) is 0 Å². The zero-order valence-electron chi connectivity index (χ0n) is 22.6. The van der Waals surface area contributed by atoms with E-state index in [9.17, 15) is 4.79 Å². The fourth-order valence-corrected chi connectivity index (χ4v) is 4.65. The van der Waals surface area contributed by atoms with E-state index >= 15 is 0 Å². The van der Waals surface area contributed by atoms with Crippen molar-refractivity contribution in [3.05, 3.63) is 0 Å². The molecule has 0 bridgehead atoms. The summed E-state index contributed by atoms with van der Waals surface area (Å²) in [5, 5.41) is 8.56. The monoisotopic (exact) mass is 468 g/mol. The first kappa shape index (κ1) is 32.4. The van der Waals surface area contributed by atoms with E-state index in [0.717, 1.165) is 12.8 Å². The number of carbonyl (C=O) groups excluding carboxylic acids is 1. The maximum absolute atomic E-state index is 10.8. The van der Waals surface area contributed by atoms with E-state index in [1.807, 2.05) is 0 Å². The molecule has 3 nitrogen and oxygen atoms in total. The molecule has 0 aliphatic heterocycles. The van der Waals surface area contributed by atoms with Crippen LogP contribution in [0.4, 0.5) is 0 Å². The molecule has 0 aromatic carbocycles. The van der Waals surface area contributed by atoms with Crippen molar-refractivity contribution < 1.29 is 14.6 Å². The molecule has 0 aromatic rings. The summed E-state index contributed by atoms with van der Waals surface area (Å²) in [6.45, 7) is 2.25. The van der Waals surface area contributed by atoms with Crippen LogP contribution in [0, 0.1) is 0 Å². The van der Waals surface area contributed by atoms with E-state index in [0.29, 0.717) is 6.61 Å². The fraction of sp³-hybridized carbons (Fsp3) is 0.967. The highest BCUT2D eigenvalue weighted by atomic mass is 16.5. The Bertz CT molecular complexity index is 370. The first-order chi connectivity index (χ1) is 16.3. The average molecular weight is 469 g/mol. The summed E-state index contributed by atoms with van der Waals surface area (Å²) in [6.07, 6.45) is 36.2. The number of esters is 1. The van der Waals surface area contributed by atoms with Gasteiger partial charge in [-0.3, -0.25) is 0 Å². The van der Waals surface area contributed by atoms with Crippen LogP contribution in [0.3, 0.4) is 0 Å². The van der Waals surface area contributed by atoms with Crippen LogP contribution in [0.25, 0.3) is 0 Å². The van der Waals surface area contributed by atoms with Gasteiger partial charge in [0.2, 0.25) is 0 Å². The van der Waals surface area contributed by atoms with E-state index in [4.69, 9.17) is 9.84 Å². The van der Waals surface area contributed by atoms with Gasteiger partial charge in [0.1, 0.15) is 6.61 Å². The summed E-state index contributed by atoms with van der Waals surface area (Å²) in [7, 11) is 0. The first-order valence-electron chi connectivity index (χ1n) is 15.1. The molecule has 0 heterocycles. The van der Waals surface area contributed by atoms with Gasteiger partial charge in [0.05, 0.1) is 6.61 Å². The van der Waals surface area contributed by atoms with Crippen LogP contribution in [0.1, 0.15) is 174 Å². The van der Waals surface area contributed by atoms with Crippen molar-refractivity contribution >= 4 is 5.97 Å². The Labute approximate surface area is 207 Å². The molecule has 0 aromatic heterocycles. The van der Waals surface area contributed by atoms with Gasteiger partial charge in [-0.25, -0.2) is 4.79 Å². The number of carbonyl (C=O) groups is 1. The highest BCUT2D eigenvalue weighted by Gasteiger charge is 1.99. The Kier molecular flexibility index (Phi) is 29.0. The van der Waals surface area contributed by atoms with Gasteiger partial charge in [0.25, 0.3) is 0 Å². The molecule has 198 valence electrons. The van der Waals surface area contributed by atoms with Crippen molar-refractivity contribution in [3.8, 4) is 0 Å². The summed E-state index contributed by atoms with van der Waals surface area (Å²) in [6, 6.07) is 0. The number of unbranched alkanes of at least 4 members (excludes halogenated alkanes) is 25. The van der Waals surface area contributed by atoms with Crippen LogP contribution in [-0.2, 0) is 9.53 Å². The average Bonchev–Trinajstić information content (AvgIpc) is 2.83. The second-order valence-corrected chi connectivity index (χ2v) is 10.2. The van der Waals surface area contributed by atoms with Crippen LogP contribution in [0.15, 0.2) is 0 Å². The lowest BCUT2D eigenvalue weighted by Crippen LogP contribution is -2.09. The second kappa shape index (κ2) is 29.5. The molecular weight excluding hydrogens is 408 g/mol. The number of hydrogen-bond donors (Lipinski definition) is 1. The van der Waals surface area contributed by atoms with Crippen LogP contribution in [0.2, 0.25) is 0 Å². The van der Waals surface area contributed by atoms with E-state index in [1.54, 1.807) is 0 Å². The van der Waals surface area contributed by atoms with Gasteiger partial charge < -0.3 is 9.84 Å². The van der Waals surface area contributed by atoms with Crippen molar-refractivity contribution in [1.82, 2.24) is 0 Å². The first-order valence-corrected chi connectivity index (χ1v) is 15.1. The normalized spacial score (nSPS) is 11.2. The minimum absolute atomic E-state index is 0.457. The highest BCUT2D eigenvalue weighted by molar-refractivity contribution is 5.70. The molecule has 3 heteroatoms. The van der Waals surface area contributed by atoms with Gasteiger partial charge in [-0.1, -0.05) is 167 Å². The van der Waals surface area contributed by atoms with Crippen molar-refractivity contribution in [2.24, 2.45) is 0 Å². The van der Waals surface area contributed by atoms with Crippen LogP contribution in [-0.4, -0.2) is 24.3 Å². The molecular formula is C30H60O3. The Balaban J connectivity index is 3.02. The summed E-state index contributed by atoms with van der Waals surface area (Å²) >= 11 is 0. The largest absolute Gasteiger partial charge is 0.464 e. The summed E-state index contributed by atoms with van der Waals surface area (Å²) in [5.74, 6) is -0.505. The van der Waals surface area contributed by atoms with Gasteiger partial charge in [0.15, 0.2) is 0 Å². The number of aliphatic hydroxyl groups excluding tert-OH is 1. The molecule has 0 amide bonds. The number of hydrogen-bond acceptors (Lipinski definition) is 3. The molecule has 0 saturated carbocycles. The van der Waals surface area contributed by atoms with Crippen molar-refractivity contribution in [2.75, 3.05) is 13.2 Å². The Morgan fingerprint density at radius 1 is 0.455 bits per heavy atom. The number of ether oxygens (including phenoxy) is 1. The maximum atomic E-state index is 10.8. The molecule has 1 N–H and O–H groups in total. The van der Waals surface area contributed by atoms with Gasteiger partial charge in [-0.2, -0.15) is 0 Å². The highest BCUT2D eigenvalue weighted by Crippen LogP contribution is 2.15. The summed E-state index contributed by atoms with van der Waals surface area (Å²) in [5.41, 5.74) is 0. The third-order valence-electron chi connectivity index (χ3n) is 6.89. The van der Waals surface area contributed by atoms with Gasteiger partial charge in [-0.15, -0.1) is 0 Å². The predicted molar refractivity (Wildman–Crippen MR) is 144 cm³/mol. The lowest BCUT2D eigenvalue weighted by atomic mass is 10.0. The van der Waals surface area contributed by atoms with Gasteiger partial charge in [-0.05, 0) is 6.42 Å². The third-order valence-corrected chi connectivity index (χ3v) is 6.89.